The number of benzene rings is 1. The maximum atomic E-state index is 12.2. The van der Waals surface area contributed by atoms with E-state index in [0.717, 1.165) is 5.56 Å². The van der Waals surface area contributed by atoms with E-state index in [9.17, 15) is 4.79 Å². The number of nitriles is 1. The van der Waals surface area contributed by atoms with Crippen LogP contribution in [-0.4, -0.2) is 23.4 Å². The van der Waals surface area contributed by atoms with Gasteiger partial charge in [-0.25, -0.2) is 0 Å². The van der Waals surface area contributed by atoms with E-state index in [1.165, 1.54) is 0 Å². The average molecular weight is 230 g/mol. The molecule has 0 N–H and O–H groups in total. The van der Waals surface area contributed by atoms with E-state index < -0.39 is 0 Å². The van der Waals surface area contributed by atoms with Gasteiger partial charge in [0.15, 0.2) is 0 Å². The highest BCUT2D eigenvalue weighted by Crippen LogP contribution is 2.10. The molecule has 90 valence electrons. The fraction of sp³-hybridized carbons (Fsp3) is 0.429. The van der Waals surface area contributed by atoms with Gasteiger partial charge >= 0.3 is 0 Å². The van der Waals surface area contributed by atoms with E-state index in [4.69, 9.17) is 5.26 Å². The molecule has 0 saturated heterocycles. The van der Waals surface area contributed by atoms with Crippen molar-refractivity contribution >= 4 is 5.91 Å². The number of aryl methyl sites for hydroxylation is 1. The lowest BCUT2D eigenvalue weighted by Gasteiger charge is -2.25. The van der Waals surface area contributed by atoms with Crippen molar-refractivity contribution in [3.05, 3.63) is 35.4 Å². The summed E-state index contributed by atoms with van der Waals surface area (Å²) < 4.78 is 0. The second-order valence-electron chi connectivity index (χ2n) is 4.37. The zero-order chi connectivity index (χ0) is 12.8. The van der Waals surface area contributed by atoms with Crippen LogP contribution in [0.2, 0.25) is 0 Å². The van der Waals surface area contributed by atoms with Crippen molar-refractivity contribution in [2.45, 2.75) is 33.2 Å². The Hall–Kier alpha value is -1.82. The minimum atomic E-state index is -0.00440. The summed E-state index contributed by atoms with van der Waals surface area (Å²) in [4.78, 5) is 14.0. The molecule has 1 aromatic carbocycles. The van der Waals surface area contributed by atoms with Crippen LogP contribution in [0.3, 0.4) is 0 Å². The van der Waals surface area contributed by atoms with E-state index in [2.05, 4.69) is 6.07 Å². The largest absolute Gasteiger partial charge is 0.335 e. The number of hydrogen-bond donors (Lipinski definition) is 0. The first-order valence-electron chi connectivity index (χ1n) is 5.81. The van der Waals surface area contributed by atoms with Gasteiger partial charge < -0.3 is 4.90 Å². The van der Waals surface area contributed by atoms with Crippen molar-refractivity contribution in [1.29, 1.82) is 5.26 Å². The van der Waals surface area contributed by atoms with Crippen molar-refractivity contribution in [1.82, 2.24) is 4.90 Å². The van der Waals surface area contributed by atoms with Gasteiger partial charge in [-0.1, -0.05) is 17.7 Å². The second-order valence-corrected chi connectivity index (χ2v) is 4.37. The summed E-state index contributed by atoms with van der Waals surface area (Å²) in [6.07, 6.45) is 0.371. The fourth-order valence-electron chi connectivity index (χ4n) is 1.63. The van der Waals surface area contributed by atoms with Crippen molar-refractivity contribution < 1.29 is 4.79 Å². The molecule has 3 heteroatoms. The molecule has 0 heterocycles. The lowest BCUT2D eigenvalue weighted by Crippen LogP contribution is -2.37. The second kappa shape index (κ2) is 6.05. The summed E-state index contributed by atoms with van der Waals surface area (Å²) in [6, 6.07) is 9.70. The highest BCUT2D eigenvalue weighted by Gasteiger charge is 2.17. The summed E-state index contributed by atoms with van der Waals surface area (Å²) in [5, 5.41) is 8.60. The first-order chi connectivity index (χ1) is 8.06. The van der Waals surface area contributed by atoms with E-state index in [0.29, 0.717) is 18.5 Å². The van der Waals surface area contributed by atoms with Crippen LogP contribution in [0.15, 0.2) is 24.3 Å². The Morgan fingerprint density at radius 3 is 2.41 bits per heavy atom. The van der Waals surface area contributed by atoms with Crippen molar-refractivity contribution in [3.8, 4) is 6.07 Å². The van der Waals surface area contributed by atoms with Crippen molar-refractivity contribution in [2.75, 3.05) is 6.54 Å². The molecule has 0 aliphatic carbocycles. The number of carbonyl (C=O) groups excluding carboxylic acids is 1. The molecule has 0 aliphatic rings. The lowest BCUT2D eigenvalue weighted by molar-refractivity contribution is 0.0710. The first-order valence-corrected chi connectivity index (χ1v) is 5.81. The van der Waals surface area contributed by atoms with Crippen LogP contribution < -0.4 is 0 Å². The predicted octanol–water partition coefficient (Wildman–Crippen LogP) is 2.76. The normalized spacial score (nSPS) is 10.1. The molecule has 0 saturated carbocycles. The molecule has 0 aromatic heterocycles. The summed E-state index contributed by atoms with van der Waals surface area (Å²) >= 11 is 0. The smallest absolute Gasteiger partial charge is 0.254 e. The van der Waals surface area contributed by atoms with Gasteiger partial charge in [0.1, 0.15) is 0 Å². The van der Waals surface area contributed by atoms with Crippen LogP contribution in [0.25, 0.3) is 0 Å². The first kappa shape index (κ1) is 13.2. The van der Waals surface area contributed by atoms with Crippen LogP contribution in [-0.2, 0) is 0 Å². The molecule has 3 nitrogen and oxygen atoms in total. The van der Waals surface area contributed by atoms with E-state index in [-0.39, 0.29) is 11.9 Å². The molecular formula is C14H18N2O. The molecule has 1 amide bonds. The minimum Gasteiger partial charge on any atom is -0.335 e. The zero-order valence-corrected chi connectivity index (χ0v) is 10.6. The van der Waals surface area contributed by atoms with Crippen LogP contribution in [0, 0.1) is 18.3 Å². The molecule has 0 fully saturated rings. The van der Waals surface area contributed by atoms with Gasteiger partial charge in [-0.05, 0) is 32.9 Å². The predicted molar refractivity (Wildman–Crippen MR) is 67.6 cm³/mol. The number of amides is 1. The van der Waals surface area contributed by atoms with Gasteiger partial charge in [0.25, 0.3) is 5.91 Å². The maximum absolute atomic E-state index is 12.2. The highest BCUT2D eigenvalue weighted by molar-refractivity contribution is 5.94. The number of nitrogens with zero attached hydrogens (tertiary/aromatic N) is 2. The van der Waals surface area contributed by atoms with Gasteiger partial charge in [0, 0.05) is 18.2 Å². The third kappa shape index (κ3) is 3.60. The summed E-state index contributed by atoms with van der Waals surface area (Å²) in [6.45, 7) is 6.40. The Morgan fingerprint density at radius 1 is 1.35 bits per heavy atom. The van der Waals surface area contributed by atoms with Crippen LogP contribution >= 0.6 is 0 Å². The Morgan fingerprint density at radius 2 is 1.94 bits per heavy atom. The number of hydrogen-bond acceptors (Lipinski definition) is 2. The highest BCUT2D eigenvalue weighted by atomic mass is 16.2. The summed E-state index contributed by atoms with van der Waals surface area (Å²) in [7, 11) is 0. The topological polar surface area (TPSA) is 44.1 Å². The number of rotatable bonds is 4. The van der Waals surface area contributed by atoms with Gasteiger partial charge in [0.05, 0.1) is 12.5 Å². The number of carbonyl (C=O) groups is 1. The fourth-order valence-corrected chi connectivity index (χ4v) is 1.63. The minimum absolute atomic E-state index is 0.00440. The SMILES string of the molecule is Cc1ccc(C(=O)N(CCC#N)C(C)C)cc1. The van der Waals surface area contributed by atoms with Crippen LogP contribution in [0.5, 0.6) is 0 Å². The third-order valence-electron chi connectivity index (χ3n) is 2.65. The van der Waals surface area contributed by atoms with E-state index in [1.807, 2.05) is 45.0 Å². The maximum Gasteiger partial charge on any atom is 0.254 e. The molecule has 0 atom stereocenters. The van der Waals surface area contributed by atoms with Crippen LogP contribution in [0.1, 0.15) is 36.2 Å². The molecule has 1 aromatic rings. The standard InChI is InChI=1S/C14H18N2O/c1-11(2)16(10-4-9-15)14(17)13-7-5-12(3)6-8-13/h5-8,11H,4,10H2,1-3H3. The Balaban J connectivity index is 2.84. The van der Waals surface area contributed by atoms with Gasteiger partial charge in [-0.15, -0.1) is 0 Å². The summed E-state index contributed by atoms with van der Waals surface area (Å²) in [5.41, 5.74) is 1.82. The van der Waals surface area contributed by atoms with Crippen molar-refractivity contribution in [2.24, 2.45) is 0 Å². The van der Waals surface area contributed by atoms with E-state index in [1.54, 1.807) is 4.90 Å². The Kier molecular flexibility index (Phi) is 4.71. The molecule has 0 spiro atoms. The zero-order valence-electron chi connectivity index (χ0n) is 10.6. The summed E-state index contributed by atoms with van der Waals surface area (Å²) in [5.74, 6) is -0.00440. The quantitative estimate of drug-likeness (QED) is 0.798. The molecule has 0 aliphatic heterocycles. The van der Waals surface area contributed by atoms with Crippen LogP contribution in [0.4, 0.5) is 0 Å². The molecule has 0 bridgehead atoms. The van der Waals surface area contributed by atoms with Gasteiger partial charge in [-0.3, -0.25) is 4.79 Å². The monoisotopic (exact) mass is 230 g/mol. The average Bonchev–Trinajstić information content (AvgIpc) is 2.29. The molecule has 17 heavy (non-hydrogen) atoms. The Labute approximate surface area is 103 Å². The van der Waals surface area contributed by atoms with E-state index >= 15 is 0 Å². The molecule has 1 rings (SSSR count). The third-order valence-corrected chi connectivity index (χ3v) is 2.65. The molecular weight excluding hydrogens is 212 g/mol. The van der Waals surface area contributed by atoms with Gasteiger partial charge in [0.2, 0.25) is 0 Å². The lowest BCUT2D eigenvalue weighted by atomic mass is 10.1. The molecule has 0 unspecified atom stereocenters. The van der Waals surface area contributed by atoms with Gasteiger partial charge in [-0.2, -0.15) is 5.26 Å². The molecule has 0 radical (unpaired) electrons. The van der Waals surface area contributed by atoms with Crippen molar-refractivity contribution in [3.63, 3.8) is 0 Å². The Bertz CT molecular complexity index is 415.